The Kier molecular flexibility index (Phi) is 11.3. The first-order valence-corrected chi connectivity index (χ1v) is 12.2. The molecule has 2 atom stereocenters. The minimum Gasteiger partial charge on any atom is -0.475 e. The summed E-state index contributed by atoms with van der Waals surface area (Å²) in [7, 11) is 2.15. The molecule has 4 rings (SSSR count). The number of carboxylic acid groups (broad SMARTS) is 2. The molecule has 11 nitrogen and oxygen atoms in total. The lowest BCUT2D eigenvalue weighted by atomic mass is 9.77. The fourth-order valence-corrected chi connectivity index (χ4v) is 4.70. The third-order valence-electron chi connectivity index (χ3n) is 6.01. The van der Waals surface area contributed by atoms with Crippen molar-refractivity contribution >= 4 is 29.4 Å². The zero-order chi connectivity index (χ0) is 30.1. The summed E-state index contributed by atoms with van der Waals surface area (Å²) < 4.78 is 73.3. The van der Waals surface area contributed by atoms with E-state index in [1.54, 1.807) is 11.6 Å². The van der Waals surface area contributed by atoms with Gasteiger partial charge >= 0.3 is 24.3 Å². The molecule has 18 heteroatoms. The summed E-state index contributed by atoms with van der Waals surface area (Å²) >= 11 is 1.22. The Morgan fingerprint density at radius 1 is 1.10 bits per heavy atom. The number of halogens is 6. The fourth-order valence-electron chi connectivity index (χ4n) is 4.27. The number of amides is 1. The third kappa shape index (κ3) is 9.67. The van der Waals surface area contributed by atoms with Gasteiger partial charge in [-0.1, -0.05) is 10.6 Å². The number of alkyl halides is 6. The van der Waals surface area contributed by atoms with Crippen LogP contribution in [0, 0.1) is 11.3 Å². The summed E-state index contributed by atoms with van der Waals surface area (Å²) in [4.78, 5) is 39.0. The number of pyridine rings is 1. The van der Waals surface area contributed by atoms with E-state index in [4.69, 9.17) is 24.5 Å². The van der Waals surface area contributed by atoms with E-state index in [1.165, 1.54) is 11.5 Å². The predicted octanol–water partition coefficient (Wildman–Crippen LogP) is 2.81. The van der Waals surface area contributed by atoms with Crippen LogP contribution in [0.25, 0.3) is 0 Å². The average molecular weight is 602 g/mol. The molecule has 2 aliphatic rings. The van der Waals surface area contributed by atoms with Gasteiger partial charge in [-0.15, -0.1) is 5.10 Å². The van der Waals surface area contributed by atoms with Gasteiger partial charge in [-0.2, -0.15) is 26.3 Å². The lowest BCUT2D eigenvalue weighted by Crippen LogP contribution is -2.38. The second-order valence-electron chi connectivity index (χ2n) is 8.96. The highest BCUT2D eigenvalue weighted by Crippen LogP contribution is 2.44. The SMILES string of the molecule is CN1C[C@@H](COCc2ccccn2)[C@]2(CCN(C(=O)c3csnn3)C2)C1.O=C(O)C(F)(F)F.O=C(O)C(F)(F)F. The largest absolute Gasteiger partial charge is 0.490 e. The van der Waals surface area contributed by atoms with Gasteiger partial charge in [0, 0.05) is 49.1 Å². The number of ether oxygens (including phenoxy) is 1. The molecule has 2 aromatic rings. The zero-order valence-corrected chi connectivity index (χ0v) is 21.7. The highest BCUT2D eigenvalue weighted by Gasteiger charge is 2.50. The van der Waals surface area contributed by atoms with Gasteiger partial charge in [-0.25, -0.2) is 9.59 Å². The minimum atomic E-state index is -5.08. The number of carbonyl (C=O) groups is 3. The normalized spacial score (nSPS) is 20.9. The number of nitrogens with zero attached hydrogens (tertiary/aromatic N) is 5. The Hall–Kier alpha value is -3.38. The van der Waals surface area contributed by atoms with Gasteiger partial charge in [0.15, 0.2) is 5.69 Å². The van der Waals surface area contributed by atoms with Gasteiger partial charge in [0.25, 0.3) is 5.91 Å². The number of aliphatic carboxylic acids is 2. The molecule has 222 valence electrons. The van der Waals surface area contributed by atoms with Crippen LogP contribution in [0.3, 0.4) is 0 Å². The summed E-state index contributed by atoms with van der Waals surface area (Å²) in [6.45, 7) is 4.78. The Morgan fingerprint density at radius 2 is 1.73 bits per heavy atom. The summed E-state index contributed by atoms with van der Waals surface area (Å²) in [5.74, 6) is -5.10. The van der Waals surface area contributed by atoms with Crippen LogP contribution in [0.5, 0.6) is 0 Å². The van der Waals surface area contributed by atoms with Crippen molar-refractivity contribution in [1.82, 2.24) is 24.4 Å². The first kappa shape index (κ1) is 32.8. The van der Waals surface area contributed by atoms with E-state index in [-0.39, 0.29) is 11.3 Å². The Bertz CT molecular complexity index is 1100. The van der Waals surface area contributed by atoms with Gasteiger partial charge in [0.05, 0.1) is 18.9 Å². The summed E-state index contributed by atoms with van der Waals surface area (Å²) in [5.41, 5.74) is 1.52. The predicted molar refractivity (Wildman–Crippen MR) is 125 cm³/mol. The molecule has 2 fully saturated rings. The van der Waals surface area contributed by atoms with Crippen molar-refractivity contribution in [1.29, 1.82) is 0 Å². The van der Waals surface area contributed by atoms with E-state index < -0.39 is 24.3 Å². The molecule has 2 N–H and O–H groups in total. The maximum atomic E-state index is 12.6. The molecule has 1 spiro atoms. The third-order valence-corrected chi connectivity index (χ3v) is 6.52. The quantitative estimate of drug-likeness (QED) is 0.491. The van der Waals surface area contributed by atoms with Crippen molar-refractivity contribution in [3.63, 3.8) is 0 Å². The standard InChI is InChI=1S/C18H23N5O2S.2C2HF3O2/c1-22-8-14(9-25-10-15-4-2-3-6-19-15)18(12-22)5-7-23(13-18)17(24)16-11-26-21-20-16;2*3-2(4,5)1(6)7/h2-4,6,11,14H,5,7-10,12-13H2,1H3;2*(H,6,7)/t14-,18+;;/m0../s1. The number of rotatable bonds is 5. The average Bonchev–Trinajstić information content (AvgIpc) is 3.60. The Labute approximate surface area is 227 Å². The molecule has 4 heterocycles. The number of hydrogen-bond acceptors (Lipinski definition) is 9. The maximum absolute atomic E-state index is 12.6. The molecule has 2 aromatic heterocycles. The smallest absolute Gasteiger partial charge is 0.475 e. The first-order valence-electron chi connectivity index (χ1n) is 11.4. The molecular formula is C22H25F6N5O6S. The molecule has 2 aliphatic heterocycles. The van der Waals surface area contributed by atoms with Crippen LogP contribution in [0.1, 0.15) is 22.6 Å². The number of aromatic nitrogens is 3. The van der Waals surface area contributed by atoms with Crippen molar-refractivity contribution in [2.24, 2.45) is 11.3 Å². The van der Waals surface area contributed by atoms with Crippen LogP contribution in [0.4, 0.5) is 26.3 Å². The molecule has 2 saturated heterocycles. The Balaban J connectivity index is 0.000000333. The molecule has 0 bridgehead atoms. The van der Waals surface area contributed by atoms with Gasteiger partial charge in [0.2, 0.25) is 0 Å². The van der Waals surface area contributed by atoms with Gasteiger partial charge in [-0.05, 0) is 37.1 Å². The van der Waals surface area contributed by atoms with Crippen LogP contribution >= 0.6 is 11.5 Å². The zero-order valence-electron chi connectivity index (χ0n) is 20.9. The highest BCUT2D eigenvalue weighted by molar-refractivity contribution is 7.03. The summed E-state index contributed by atoms with van der Waals surface area (Å²) in [6, 6.07) is 5.87. The van der Waals surface area contributed by atoms with Gasteiger partial charge in [-0.3, -0.25) is 9.78 Å². The van der Waals surface area contributed by atoms with Crippen molar-refractivity contribution in [3.05, 3.63) is 41.2 Å². The molecular weight excluding hydrogens is 576 g/mol. The molecule has 0 radical (unpaired) electrons. The van der Waals surface area contributed by atoms with Crippen LogP contribution < -0.4 is 0 Å². The summed E-state index contributed by atoms with van der Waals surface area (Å²) in [6.07, 6.45) is -7.37. The number of hydrogen-bond donors (Lipinski definition) is 2. The molecule has 0 aliphatic carbocycles. The molecule has 1 amide bonds. The molecule has 40 heavy (non-hydrogen) atoms. The van der Waals surface area contributed by atoms with E-state index in [2.05, 4.69) is 26.5 Å². The number of carboxylic acids is 2. The Morgan fingerprint density at radius 3 is 2.23 bits per heavy atom. The number of likely N-dealkylation sites (tertiary alicyclic amines) is 2. The summed E-state index contributed by atoms with van der Waals surface area (Å²) in [5, 5.41) is 19.9. The lowest BCUT2D eigenvalue weighted by Gasteiger charge is -2.30. The van der Waals surface area contributed by atoms with Crippen molar-refractivity contribution < 1.29 is 55.7 Å². The van der Waals surface area contributed by atoms with Crippen LogP contribution in [-0.2, 0) is 20.9 Å². The molecule has 0 aromatic carbocycles. The second kappa shape index (κ2) is 13.8. The van der Waals surface area contributed by atoms with Crippen molar-refractivity contribution in [2.75, 3.05) is 39.8 Å². The number of carbonyl (C=O) groups excluding carboxylic acids is 1. The van der Waals surface area contributed by atoms with E-state index >= 15 is 0 Å². The van der Waals surface area contributed by atoms with E-state index in [1.807, 2.05) is 23.1 Å². The maximum Gasteiger partial charge on any atom is 0.490 e. The van der Waals surface area contributed by atoms with Crippen LogP contribution in [0.2, 0.25) is 0 Å². The fraction of sp³-hybridized carbons (Fsp3) is 0.545. The van der Waals surface area contributed by atoms with Crippen molar-refractivity contribution in [2.45, 2.75) is 25.4 Å². The van der Waals surface area contributed by atoms with Crippen LogP contribution in [0.15, 0.2) is 29.8 Å². The molecule has 0 unspecified atom stereocenters. The minimum absolute atomic E-state index is 0.00154. The van der Waals surface area contributed by atoms with Crippen molar-refractivity contribution in [3.8, 4) is 0 Å². The monoisotopic (exact) mass is 601 g/mol. The van der Waals surface area contributed by atoms with Crippen LogP contribution in [-0.4, -0.2) is 105 Å². The highest BCUT2D eigenvalue weighted by atomic mass is 32.1. The van der Waals surface area contributed by atoms with E-state index in [0.717, 1.165) is 38.3 Å². The first-order chi connectivity index (χ1) is 18.5. The van der Waals surface area contributed by atoms with Gasteiger partial charge in [0.1, 0.15) is 0 Å². The topological polar surface area (TPSA) is 146 Å². The lowest BCUT2D eigenvalue weighted by molar-refractivity contribution is -0.193. The van der Waals surface area contributed by atoms with E-state index in [9.17, 15) is 31.1 Å². The van der Waals surface area contributed by atoms with E-state index in [0.29, 0.717) is 24.8 Å². The second-order valence-corrected chi connectivity index (χ2v) is 9.57. The molecule has 0 saturated carbocycles. The van der Waals surface area contributed by atoms with Gasteiger partial charge < -0.3 is 24.7 Å².